The van der Waals surface area contributed by atoms with Gasteiger partial charge in [0, 0.05) is 18.3 Å². The van der Waals surface area contributed by atoms with E-state index in [-0.39, 0.29) is 5.92 Å². The molecule has 1 aromatic rings. The minimum Gasteiger partial charge on any atom is -0.481 e. The quantitative estimate of drug-likeness (QED) is 0.884. The van der Waals surface area contributed by atoms with E-state index in [1.54, 1.807) is 0 Å². The molecule has 0 saturated heterocycles. The van der Waals surface area contributed by atoms with E-state index in [9.17, 15) is 4.79 Å². The second-order valence-corrected chi connectivity index (χ2v) is 6.06. The highest BCUT2D eigenvalue weighted by atomic mass is 16.4. The third kappa shape index (κ3) is 2.60. The fraction of sp³-hybridized carbons (Fsp3) is 0.562. The molecular formula is C16H21NO2. The number of anilines is 1. The maximum absolute atomic E-state index is 11.1. The summed E-state index contributed by atoms with van der Waals surface area (Å²) < 4.78 is 0. The minimum atomic E-state index is -0.678. The van der Waals surface area contributed by atoms with E-state index in [1.807, 2.05) is 6.92 Å². The fourth-order valence-corrected chi connectivity index (χ4v) is 3.07. The summed E-state index contributed by atoms with van der Waals surface area (Å²) in [4.78, 5) is 13.5. The van der Waals surface area contributed by atoms with Crippen molar-refractivity contribution in [1.82, 2.24) is 0 Å². The number of nitrogens with zero attached hydrogens (tertiary/aromatic N) is 1. The second-order valence-electron chi connectivity index (χ2n) is 6.06. The maximum Gasteiger partial charge on any atom is 0.306 e. The number of benzene rings is 1. The Morgan fingerprint density at radius 3 is 2.84 bits per heavy atom. The van der Waals surface area contributed by atoms with E-state index < -0.39 is 5.97 Å². The molecule has 1 aliphatic carbocycles. The molecule has 3 nitrogen and oxygen atoms in total. The van der Waals surface area contributed by atoms with Gasteiger partial charge in [0.1, 0.15) is 0 Å². The summed E-state index contributed by atoms with van der Waals surface area (Å²) in [6.45, 7) is 2.93. The van der Waals surface area contributed by atoms with Crippen LogP contribution in [0.15, 0.2) is 24.3 Å². The molecule has 1 heterocycles. The van der Waals surface area contributed by atoms with Crippen molar-refractivity contribution >= 4 is 11.7 Å². The predicted molar refractivity (Wildman–Crippen MR) is 75.4 cm³/mol. The van der Waals surface area contributed by atoms with Crippen LogP contribution in [0, 0.1) is 11.8 Å². The lowest BCUT2D eigenvalue weighted by Gasteiger charge is -2.28. The van der Waals surface area contributed by atoms with Gasteiger partial charge in [-0.1, -0.05) is 25.1 Å². The summed E-state index contributed by atoms with van der Waals surface area (Å²) in [5.74, 6) is -0.114. The number of fused-ring (bicyclic) bond motifs is 1. The maximum atomic E-state index is 11.1. The number of carbonyl (C=O) groups is 1. The largest absolute Gasteiger partial charge is 0.481 e. The molecule has 0 aromatic heterocycles. The molecule has 1 N–H and O–H groups in total. The van der Waals surface area contributed by atoms with Crippen LogP contribution >= 0.6 is 0 Å². The molecule has 1 saturated carbocycles. The molecule has 1 fully saturated rings. The smallest absolute Gasteiger partial charge is 0.306 e. The number of para-hydroxylation sites is 1. The van der Waals surface area contributed by atoms with Gasteiger partial charge in [-0.3, -0.25) is 4.79 Å². The number of carboxylic acids is 1. The first-order valence-corrected chi connectivity index (χ1v) is 7.22. The van der Waals surface area contributed by atoms with E-state index in [0.717, 1.165) is 25.3 Å². The van der Waals surface area contributed by atoms with Gasteiger partial charge in [-0.05, 0) is 43.2 Å². The molecular weight excluding hydrogens is 238 g/mol. The van der Waals surface area contributed by atoms with Gasteiger partial charge in [-0.2, -0.15) is 0 Å². The van der Waals surface area contributed by atoms with E-state index in [0.29, 0.717) is 6.04 Å². The van der Waals surface area contributed by atoms with Crippen molar-refractivity contribution in [2.75, 3.05) is 11.4 Å². The van der Waals surface area contributed by atoms with E-state index >= 15 is 0 Å². The topological polar surface area (TPSA) is 40.5 Å². The summed E-state index contributed by atoms with van der Waals surface area (Å²) >= 11 is 0. The van der Waals surface area contributed by atoms with Crippen LogP contribution in [0.4, 0.5) is 5.69 Å². The lowest BCUT2D eigenvalue weighted by Crippen LogP contribution is -2.36. The Morgan fingerprint density at radius 2 is 2.16 bits per heavy atom. The van der Waals surface area contributed by atoms with Gasteiger partial charge < -0.3 is 10.0 Å². The third-order valence-electron chi connectivity index (χ3n) is 4.40. The highest BCUT2D eigenvalue weighted by Gasteiger charge is 2.35. The van der Waals surface area contributed by atoms with Crippen LogP contribution in [-0.2, 0) is 11.2 Å². The summed E-state index contributed by atoms with van der Waals surface area (Å²) in [6, 6.07) is 8.90. The van der Waals surface area contributed by atoms with Gasteiger partial charge in [0.15, 0.2) is 0 Å². The Labute approximate surface area is 114 Å². The molecule has 1 aliphatic heterocycles. The number of hydrogen-bond donors (Lipinski definition) is 1. The molecule has 0 spiro atoms. The Hall–Kier alpha value is -1.51. The van der Waals surface area contributed by atoms with E-state index in [2.05, 4.69) is 29.2 Å². The monoisotopic (exact) mass is 259 g/mol. The summed E-state index contributed by atoms with van der Waals surface area (Å²) in [7, 11) is 0. The molecule has 0 amide bonds. The number of rotatable bonds is 5. The van der Waals surface area contributed by atoms with Crippen molar-refractivity contribution in [3.63, 3.8) is 0 Å². The highest BCUT2D eigenvalue weighted by molar-refractivity contribution is 5.70. The van der Waals surface area contributed by atoms with Gasteiger partial charge in [0.2, 0.25) is 0 Å². The average molecular weight is 259 g/mol. The summed E-state index contributed by atoms with van der Waals surface area (Å²) in [6.07, 6.45) is 4.41. The second kappa shape index (κ2) is 4.87. The van der Waals surface area contributed by atoms with Crippen molar-refractivity contribution in [2.24, 2.45) is 11.8 Å². The van der Waals surface area contributed by atoms with Crippen LogP contribution in [0.2, 0.25) is 0 Å². The number of carboxylic acid groups (broad SMARTS) is 1. The van der Waals surface area contributed by atoms with Crippen molar-refractivity contribution in [2.45, 2.75) is 38.6 Å². The first kappa shape index (κ1) is 12.5. The lowest BCUT2D eigenvalue weighted by molar-refractivity contribution is -0.141. The van der Waals surface area contributed by atoms with Crippen molar-refractivity contribution < 1.29 is 9.90 Å². The molecule has 19 heavy (non-hydrogen) atoms. The molecule has 2 aliphatic rings. The number of aliphatic carboxylic acids is 1. The van der Waals surface area contributed by atoms with Gasteiger partial charge in [-0.15, -0.1) is 0 Å². The van der Waals surface area contributed by atoms with Crippen molar-refractivity contribution in [3.05, 3.63) is 29.8 Å². The van der Waals surface area contributed by atoms with Crippen molar-refractivity contribution in [3.8, 4) is 0 Å². The summed E-state index contributed by atoms with van der Waals surface area (Å²) in [5.41, 5.74) is 2.71. The van der Waals surface area contributed by atoms with Gasteiger partial charge in [0.05, 0.1) is 5.92 Å². The average Bonchev–Trinajstić information content (AvgIpc) is 3.13. The van der Waals surface area contributed by atoms with Crippen LogP contribution in [0.3, 0.4) is 0 Å². The van der Waals surface area contributed by atoms with Crippen LogP contribution in [0.25, 0.3) is 0 Å². The molecule has 102 valence electrons. The zero-order valence-corrected chi connectivity index (χ0v) is 11.4. The molecule has 2 atom stereocenters. The Kier molecular flexibility index (Phi) is 3.21. The molecule has 0 bridgehead atoms. The van der Waals surface area contributed by atoms with Gasteiger partial charge >= 0.3 is 5.97 Å². The van der Waals surface area contributed by atoms with Gasteiger partial charge in [0.25, 0.3) is 0 Å². The Morgan fingerprint density at radius 1 is 1.42 bits per heavy atom. The first-order chi connectivity index (χ1) is 9.15. The molecule has 3 heteroatoms. The predicted octanol–water partition coefficient (Wildman–Crippen LogP) is 2.94. The lowest BCUT2D eigenvalue weighted by atomic mass is 9.98. The SMILES string of the molecule is CC(CC1Cc2ccccc2N1CC1CC1)C(=O)O. The van der Waals surface area contributed by atoms with Crippen LogP contribution in [0.1, 0.15) is 31.7 Å². The zero-order chi connectivity index (χ0) is 13.4. The third-order valence-corrected chi connectivity index (χ3v) is 4.40. The zero-order valence-electron chi connectivity index (χ0n) is 11.4. The molecule has 0 radical (unpaired) electrons. The highest BCUT2D eigenvalue weighted by Crippen LogP contribution is 2.39. The van der Waals surface area contributed by atoms with Crippen molar-refractivity contribution in [1.29, 1.82) is 0 Å². The van der Waals surface area contributed by atoms with Crippen LogP contribution in [0.5, 0.6) is 0 Å². The normalized spacial score (nSPS) is 23.2. The summed E-state index contributed by atoms with van der Waals surface area (Å²) in [5, 5.41) is 9.12. The fourth-order valence-electron chi connectivity index (χ4n) is 3.07. The molecule has 2 unspecified atom stereocenters. The Balaban J connectivity index is 1.78. The van der Waals surface area contributed by atoms with E-state index in [1.165, 1.54) is 24.1 Å². The van der Waals surface area contributed by atoms with Crippen LogP contribution < -0.4 is 4.90 Å². The molecule has 3 rings (SSSR count). The van der Waals surface area contributed by atoms with E-state index in [4.69, 9.17) is 5.11 Å². The first-order valence-electron chi connectivity index (χ1n) is 7.22. The van der Waals surface area contributed by atoms with Gasteiger partial charge in [-0.25, -0.2) is 0 Å². The Bertz CT molecular complexity index is 481. The number of hydrogen-bond acceptors (Lipinski definition) is 2. The standard InChI is InChI=1S/C16H21NO2/c1-11(16(18)19)8-14-9-13-4-2-3-5-15(13)17(14)10-12-6-7-12/h2-5,11-12,14H,6-10H2,1H3,(H,18,19). The minimum absolute atomic E-state index is 0.263. The molecule has 1 aromatic carbocycles. The van der Waals surface area contributed by atoms with Crippen LogP contribution in [-0.4, -0.2) is 23.7 Å².